The first-order valence-corrected chi connectivity index (χ1v) is 7.62. The van der Waals surface area contributed by atoms with Crippen LogP contribution in [0, 0.1) is 13.8 Å². The number of aryl methyl sites for hydroxylation is 3. The Kier molecular flexibility index (Phi) is 2.39. The maximum Gasteiger partial charge on any atom is 0.402 e. The van der Waals surface area contributed by atoms with Crippen LogP contribution in [0.4, 0.5) is 5.82 Å². The van der Waals surface area contributed by atoms with Gasteiger partial charge in [-0.3, -0.25) is 4.81 Å². The van der Waals surface area contributed by atoms with E-state index in [-0.39, 0.29) is 6.85 Å². The van der Waals surface area contributed by atoms with Crippen LogP contribution in [0.25, 0.3) is 23.3 Å². The van der Waals surface area contributed by atoms with Crippen molar-refractivity contribution < 1.29 is 13.1 Å². The van der Waals surface area contributed by atoms with Crippen molar-refractivity contribution in [3.8, 4) is 0 Å². The van der Waals surface area contributed by atoms with Crippen LogP contribution in [-0.2, 0) is 7.05 Å². The quantitative estimate of drug-likeness (QED) is 0.504. The highest BCUT2D eigenvalue weighted by Crippen LogP contribution is 2.15. The van der Waals surface area contributed by atoms with Crippen molar-refractivity contribution in [3.63, 3.8) is 0 Å². The average Bonchev–Trinajstić information content (AvgIpc) is 2.89. The van der Waals surface area contributed by atoms with Gasteiger partial charge in [0.05, 0.1) is 13.2 Å². The second kappa shape index (κ2) is 4.98. The number of aromatic nitrogens is 2. The standard InChI is InChI=1S/C18H19BN3O/c1-12-5-8-17(21(4)10-12)22-11-16-15(9-19(22)3)14-7-6-13(2)20-18(14)23-16/h5-11H,1-4H3/q+1/i1D3. The van der Waals surface area contributed by atoms with Gasteiger partial charge in [0.25, 0.3) is 5.82 Å². The van der Waals surface area contributed by atoms with Gasteiger partial charge in [0, 0.05) is 26.5 Å². The molecule has 5 heteroatoms. The van der Waals surface area contributed by atoms with Gasteiger partial charge in [-0.25, -0.2) is 9.55 Å². The van der Waals surface area contributed by atoms with Crippen LogP contribution in [0.5, 0.6) is 0 Å². The minimum atomic E-state index is -2.12. The summed E-state index contributed by atoms with van der Waals surface area (Å²) < 4.78 is 30.5. The van der Waals surface area contributed by atoms with Crippen molar-refractivity contribution in [1.29, 1.82) is 0 Å². The van der Waals surface area contributed by atoms with Crippen LogP contribution in [0.15, 0.2) is 34.9 Å². The van der Waals surface area contributed by atoms with Crippen LogP contribution < -0.4 is 20.0 Å². The van der Waals surface area contributed by atoms with E-state index in [4.69, 9.17) is 8.53 Å². The Labute approximate surface area is 139 Å². The van der Waals surface area contributed by atoms with Crippen LogP contribution >= 0.6 is 0 Å². The van der Waals surface area contributed by atoms with Gasteiger partial charge >= 0.3 is 6.85 Å². The van der Waals surface area contributed by atoms with Crippen molar-refractivity contribution in [2.24, 2.45) is 7.05 Å². The Balaban J connectivity index is 1.85. The third kappa shape index (κ3) is 2.24. The molecule has 4 nitrogen and oxygen atoms in total. The van der Waals surface area contributed by atoms with Gasteiger partial charge in [0.15, 0.2) is 5.42 Å². The van der Waals surface area contributed by atoms with E-state index >= 15 is 0 Å². The van der Waals surface area contributed by atoms with E-state index in [2.05, 4.69) is 22.6 Å². The number of anilines is 1. The maximum absolute atomic E-state index is 7.57. The monoisotopic (exact) mass is 307 g/mol. The Morgan fingerprint density at radius 1 is 1.30 bits per heavy atom. The average molecular weight is 307 g/mol. The molecule has 0 radical (unpaired) electrons. The molecule has 0 unspecified atom stereocenters. The fraction of sp³-hybridized carbons (Fsp3) is 0.222. The van der Waals surface area contributed by atoms with Crippen LogP contribution in [0.1, 0.15) is 15.4 Å². The highest BCUT2D eigenvalue weighted by Gasteiger charge is 2.29. The number of hydrogen-bond acceptors (Lipinski definition) is 3. The van der Waals surface area contributed by atoms with Gasteiger partial charge in [0.1, 0.15) is 6.20 Å². The zero-order chi connectivity index (χ0) is 18.6. The fourth-order valence-electron chi connectivity index (χ4n) is 3.08. The van der Waals surface area contributed by atoms with Crippen molar-refractivity contribution in [3.05, 3.63) is 52.4 Å². The van der Waals surface area contributed by atoms with E-state index in [0.717, 1.165) is 27.5 Å². The molecule has 0 aliphatic carbocycles. The Bertz CT molecular complexity index is 1140. The van der Waals surface area contributed by atoms with E-state index in [1.165, 1.54) is 0 Å². The molecule has 1 aliphatic heterocycles. The molecule has 0 spiro atoms. The van der Waals surface area contributed by atoms with E-state index < -0.39 is 6.85 Å². The van der Waals surface area contributed by atoms with Crippen LogP contribution in [0.3, 0.4) is 0 Å². The number of hydrogen-bond donors (Lipinski definition) is 0. The predicted molar refractivity (Wildman–Crippen MR) is 93.4 cm³/mol. The smallest absolute Gasteiger partial charge is 0.402 e. The number of pyridine rings is 2. The summed E-state index contributed by atoms with van der Waals surface area (Å²) in [6.07, 6.45) is 3.61. The van der Waals surface area contributed by atoms with E-state index in [1.807, 2.05) is 42.9 Å². The number of furan rings is 1. The first-order valence-electron chi connectivity index (χ1n) is 9.12. The largest absolute Gasteiger partial charge is 0.434 e. The summed E-state index contributed by atoms with van der Waals surface area (Å²) >= 11 is 0. The Hall–Kier alpha value is -2.56. The maximum atomic E-state index is 7.57. The van der Waals surface area contributed by atoms with Gasteiger partial charge in [0.2, 0.25) is 5.71 Å². The first kappa shape index (κ1) is 11.1. The van der Waals surface area contributed by atoms with Gasteiger partial charge in [-0.1, -0.05) is 5.98 Å². The molecule has 0 N–H and O–H groups in total. The van der Waals surface area contributed by atoms with E-state index in [9.17, 15) is 0 Å². The summed E-state index contributed by atoms with van der Waals surface area (Å²) in [6, 6.07) is 7.51. The zero-order valence-corrected chi connectivity index (χ0v) is 13.4. The molecule has 3 aromatic heterocycles. The highest BCUT2D eigenvalue weighted by atomic mass is 16.3. The lowest BCUT2D eigenvalue weighted by Gasteiger charge is -2.18. The Morgan fingerprint density at radius 2 is 2.17 bits per heavy atom. The first-order chi connectivity index (χ1) is 12.2. The lowest BCUT2D eigenvalue weighted by molar-refractivity contribution is -0.658. The Morgan fingerprint density at radius 3 is 2.96 bits per heavy atom. The second-order valence-electron chi connectivity index (χ2n) is 6.02. The van der Waals surface area contributed by atoms with Crippen LogP contribution in [0.2, 0.25) is 6.82 Å². The highest BCUT2D eigenvalue weighted by molar-refractivity contribution is 6.77. The predicted octanol–water partition coefficient (Wildman–Crippen LogP) is 1.47. The van der Waals surface area contributed by atoms with Gasteiger partial charge in [-0.05, 0) is 44.4 Å². The normalized spacial score (nSPS) is 16.2. The summed E-state index contributed by atoms with van der Waals surface area (Å²) in [5, 5.41) is 2.06. The molecule has 0 fully saturated rings. The topological polar surface area (TPSA) is 33.2 Å². The van der Waals surface area contributed by atoms with Gasteiger partial charge in [-0.15, -0.1) is 0 Å². The molecule has 0 saturated heterocycles. The summed E-state index contributed by atoms with van der Waals surface area (Å²) in [5.41, 5.74) is 2.64. The molecule has 4 heterocycles. The molecular weight excluding hydrogens is 285 g/mol. The lowest BCUT2D eigenvalue weighted by Crippen LogP contribution is -2.47. The summed E-state index contributed by atoms with van der Waals surface area (Å²) in [4.78, 5) is 6.54. The summed E-state index contributed by atoms with van der Waals surface area (Å²) in [6.45, 7) is 2.01. The molecule has 0 bridgehead atoms. The van der Waals surface area contributed by atoms with E-state index in [0.29, 0.717) is 11.3 Å². The lowest BCUT2D eigenvalue weighted by atomic mass is 9.61. The third-order valence-corrected chi connectivity index (χ3v) is 4.24. The molecule has 4 rings (SSSR count). The van der Waals surface area contributed by atoms with Crippen molar-refractivity contribution in [2.75, 3.05) is 4.81 Å². The zero-order valence-electron chi connectivity index (χ0n) is 16.4. The molecule has 23 heavy (non-hydrogen) atoms. The molecule has 3 aromatic rings. The van der Waals surface area contributed by atoms with Gasteiger partial charge in [-0.2, -0.15) is 0 Å². The molecule has 0 atom stereocenters. The van der Waals surface area contributed by atoms with Crippen LogP contribution in [-0.4, -0.2) is 11.8 Å². The minimum Gasteiger partial charge on any atom is -0.434 e. The van der Waals surface area contributed by atoms with Crippen molar-refractivity contribution >= 4 is 35.9 Å². The molecular formula is C18H19BN3O+. The molecule has 0 amide bonds. The number of fused-ring (bicyclic) bond motifs is 3. The van der Waals surface area contributed by atoms with Crippen molar-refractivity contribution in [1.82, 2.24) is 4.98 Å². The molecule has 0 aromatic carbocycles. The SMILES string of the molecule is [2H]C([2H])([2H])c1ccc(N2C=c3oc4nc(C)ccc4c3=CB2C)[n+](C)c1. The summed E-state index contributed by atoms with van der Waals surface area (Å²) in [7, 11) is 1.85. The number of nitrogens with zero attached hydrogens (tertiary/aromatic N) is 3. The fourth-order valence-corrected chi connectivity index (χ4v) is 3.08. The van der Waals surface area contributed by atoms with Gasteiger partial charge < -0.3 is 4.42 Å². The number of rotatable bonds is 1. The molecule has 1 aliphatic rings. The molecule has 114 valence electrons. The third-order valence-electron chi connectivity index (χ3n) is 4.24. The minimum absolute atomic E-state index is 0.0921. The van der Waals surface area contributed by atoms with E-state index in [1.54, 1.807) is 12.3 Å². The van der Waals surface area contributed by atoms with Crippen molar-refractivity contribution in [2.45, 2.75) is 20.6 Å². The summed E-state index contributed by atoms with van der Waals surface area (Å²) in [5.74, 6) is 3.03. The molecule has 0 saturated carbocycles. The second-order valence-corrected chi connectivity index (χ2v) is 6.02.